The first-order valence-corrected chi connectivity index (χ1v) is 11.4. The first-order valence-electron chi connectivity index (χ1n) is 11.4. The van der Waals surface area contributed by atoms with E-state index in [0.29, 0.717) is 12.8 Å². The lowest BCUT2D eigenvalue weighted by atomic mass is 9.66. The summed E-state index contributed by atoms with van der Waals surface area (Å²) in [6.07, 6.45) is 8.68. The second-order valence-corrected chi connectivity index (χ2v) is 9.05. The molecule has 7 atom stereocenters. The molecule has 0 spiro atoms. The van der Waals surface area contributed by atoms with Crippen molar-refractivity contribution in [3.8, 4) is 0 Å². The van der Waals surface area contributed by atoms with E-state index in [-0.39, 0.29) is 42.2 Å². The molecule has 2 N–H and O–H groups in total. The van der Waals surface area contributed by atoms with E-state index < -0.39 is 24.6 Å². The van der Waals surface area contributed by atoms with Crippen molar-refractivity contribution in [1.82, 2.24) is 0 Å². The van der Waals surface area contributed by atoms with Crippen LogP contribution in [0, 0.1) is 23.7 Å². The summed E-state index contributed by atoms with van der Waals surface area (Å²) in [4.78, 5) is 23.2. The Morgan fingerprint density at radius 1 is 1.27 bits per heavy atom. The van der Waals surface area contributed by atoms with Crippen LogP contribution >= 0.6 is 0 Å². The number of aliphatic carboxylic acids is 1. The minimum atomic E-state index is -1.32. The van der Waals surface area contributed by atoms with Gasteiger partial charge in [0.25, 0.3) is 0 Å². The molecular weight excluding hydrogens is 384 g/mol. The van der Waals surface area contributed by atoms with Crippen molar-refractivity contribution in [3.63, 3.8) is 0 Å². The van der Waals surface area contributed by atoms with E-state index in [9.17, 15) is 24.9 Å². The van der Waals surface area contributed by atoms with E-state index in [1.54, 1.807) is 0 Å². The summed E-state index contributed by atoms with van der Waals surface area (Å²) in [6, 6.07) is 0. The van der Waals surface area contributed by atoms with E-state index in [0.717, 1.165) is 25.7 Å². The molecule has 0 aromatic heterocycles. The Hall–Kier alpha value is -1.66. The molecule has 0 amide bonds. The molecule has 0 aromatic rings. The fourth-order valence-electron chi connectivity index (χ4n) is 4.86. The highest BCUT2D eigenvalue weighted by molar-refractivity contribution is 5.72. The summed E-state index contributed by atoms with van der Waals surface area (Å²) in [7, 11) is 0. The Morgan fingerprint density at radius 2 is 2.00 bits per heavy atom. The van der Waals surface area contributed by atoms with Crippen LogP contribution in [-0.4, -0.2) is 40.5 Å². The van der Waals surface area contributed by atoms with E-state index >= 15 is 0 Å². The number of hydrogen-bond donors (Lipinski definition) is 2. The van der Waals surface area contributed by atoms with Crippen LogP contribution in [0.15, 0.2) is 23.8 Å². The number of rotatable bonds is 11. The molecule has 2 aliphatic carbocycles. The molecule has 2 aliphatic rings. The van der Waals surface area contributed by atoms with Crippen LogP contribution in [0.25, 0.3) is 0 Å². The number of carboxylic acids is 1. The first-order chi connectivity index (χ1) is 14.2. The molecule has 0 radical (unpaired) electrons. The number of allylic oxidation sites excluding steroid dienone is 3. The molecule has 6 nitrogen and oxygen atoms in total. The maximum Gasteiger partial charge on any atom is 0.308 e. The monoisotopic (exact) mass is 421 g/mol. The second kappa shape index (κ2) is 11.7. The summed E-state index contributed by atoms with van der Waals surface area (Å²) in [5.41, 5.74) is 1.21. The predicted molar refractivity (Wildman–Crippen MR) is 112 cm³/mol. The van der Waals surface area contributed by atoms with Crippen LogP contribution < -0.4 is 5.11 Å². The van der Waals surface area contributed by atoms with Gasteiger partial charge in [-0.25, -0.2) is 0 Å². The quantitative estimate of drug-likeness (QED) is 0.497. The van der Waals surface area contributed by atoms with Crippen LogP contribution in [0.1, 0.15) is 72.1 Å². The largest absolute Gasteiger partial charge is 0.550 e. The van der Waals surface area contributed by atoms with Crippen molar-refractivity contribution < 1.29 is 29.6 Å². The molecule has 6 heteroatoms. The number of carbonyl (C=O) groups is 2. The molecule has 0 fully saturated rings. The lowest BCUT2D eigenvalue weighted by Crippen LogP contribution is -2.40. The van der Waals surface area contributed by atoms with Gasteiger partial charge in [0.05, 0.1) is 18.1 Å². The average Bonchev–Trinajstić information content (AvgIpc) is 2.66. The molecule has 0 saturated heterocycles. The zero-order valence-electron chi connectivity index (χ0n) is 18.5. The van der Waals surface area contributed by atoms with Crippen molar-refractivity contribution in [3.05, 3.63) is 23.8 Å². The Balaban J connectivity index is 2.03. The lowest BCUT2D eigenvalue weighted by molar-refractivity contribution is -0.307. The van der Waals surface area contributed by atoms with Crippen LogP contribution in [-0.2, 0) is 14.3 Å². The molecule has 2 rings (SSSR count). The minimum absolute atomic E-state index is 0.0191. The van der Waals surface area contributed by atoms with Gasteiger partial charge in [0, 0.05) is 18.3 Å². The van der Waals surface area contributed by atoms with Gasteiger partial charge in [-0.1, -0.05) is 45.4 Å². The van der Waals surface area contributed by atoms with Crippen molar-refractivity contribution in [2.45, 2.75) is 90.4 Å². The third kappa shape index (κ3) is 6.95. The maximum absolute atomic E-state index is 12.6. The lowest BCUT2D eigenvalue weighted by Gasteiger charge is -2.42. The molecule has 0 saturated carbocycles. The number of carboxylic acid groups (broad SMARTS) is 1. The normalized spacial score (nSPS) is 28.8. The smallest absolute Gasteiger partial charge is 0.308 e. The summed E-state index contributed by atoms with van der Waals surface area (Å²) < 4.78 is 5.98. The third-order valence-electron chi connectivity index (χ3n) is 6.52. The van der Waals surface area contributed by atoms with Crippen molar-refractivity contribution in [2.75, 3.05) is 0 Å². The summed E-state index contributed by atoms with van der Waals surface area (Å²) in [5, 5.41) is 30.6. The summed E-state index contributed by atoms with van der Waals surface area (Å²) in [5.74, 6) is -0.953. The van der Waals surface area contributed by atoms with Crippen molar-refractivity contribution >= 4 is 11.9 Å². The van der Waals surface area contributed by atoms with Crippen LogP contribution in [0.3, 0.4) is 0 Å². The van der Waals surface area contributed by atoms with E-state index in [2.05, 4.69) is 32.1 Å². The zero-order chi connectivity index (χ0) is 22.3. The number of carbonyl (C=O) groups excluding carboxylic acids is 2. The van der Waals surface area contributed by atoms with Gasteiger partial charge in [-0.3, -0.25) is 4.79 Å². The Labute approximate surface area is 180 Å². The van der Waals surface area contributed by atoms with Gasteiger partial charge < -0.3 is 24.9 Å². The second-order valence-electron chi connectivity index (χ2n) is 9.05. The number of fused-ring (bicyclic) bond motifs is 1. The van der Waals surface area contributed by atoms with Crippen LogP contribution in [0.4, 0.5) is 0 Å². The number of hydrogen-bond acceptors (Lipinski definition) is 6. The highest BCUT2D eigenvalue weighted by Crippen LogP contribution is 2.44. The topological polar surface area (TPSA) is 107 Å². The molecule has 0 bridgehead atoms. The Morgan fingerprint density at radius 3 is 2.67 bits per heavy atom. The molecule has 0 unspecified atom stereocenters. The fourth-order valence-corrected chi connectivity index (χ4v) is 4.86. The number of aliphatic hydroxyl groups is 2. The minimum Gasteiger partial charge on any atom is -0.550 e. The van der Waals surface area contributed by atoms with Gasteiger partial charge in [-0.15, -0.1) is 0 Å². The first kappa shape index (κ1) is 24.6. The predicted octanol–water partition coefficient (Wildman–Crippen LogP) is 2.53. The van der Waals surface area contributed by atoms with Gasteiger partial charge in [0.1, 0.15) is 6.10 Å². The molecular formula is C24H37O6-. The van der Waals surface area contributed by atoms with Crippen molar-refractivity contribution in [1.29, 1.82) is 0 Å². The molecule has 30 heavy (non-hydrogen) atoms. The Kier molecular flexibility index (Phi) is 9.56. The average molecular weight is 422 g/mol. The van der Waals surface area contributed by atoms with Gasteiger partial charge >= 0.3 is 5.97 Å². The maximum atomic E-state index is 12.6. The standard InChI is InChI=1S/C24H38O6/c1-4-6-16(3)24(29)30-21-8-5-7-17-10-9-15(2)20(23(17)21)12-11-18(25)13-19(26)14-22(27)28/h7,9-10,15-16,18-21,23,25-26H,4-6,8,11-14H2,1-3H3,(H,27,28)/p-1/t15-,16-,18+,19+,20-,21-,23-/m0/s1. The third-order valence-corrected chi connectivity index (χ3v) is 6.52. The number of aliphatic hydroxyl groups excluding tert-OH is 2. The Bertz CT molecular complexity index is 640. The van der Waals surface area contributed by atoms with Crippen molar-refractivity contribution in [2.24, 2.45) is 23.7 Å². The number of esters is 1. The zero-order valence-corrected chi connectivity index (χ0v) is 18.5. The fraction of sp³-hybridized carbons (Fsp3) is 0.750. The van der Waals surface area contributed by atoms with Gasteiger partial charge in [-0.05, 0) is 55.9 Å². The van der Waals surface area contributed by atoms with Gasteiger partial charge in [0.2, 0.25) is 0 Å². The SMILES string of the molecule is CCC[C@H](C)C(=O)O[C@H]1CCC=C2C=C[C@H](C)[C@H](CC[C@@H](O)C[C@@H](O)CC(=O)[O-])[C@H]21. The van der Waals surface area contributed by atoms with Gasteiger partial charge in [0.15, 0.2) is 0 Å². The highest BCUT2D eigenvalue weighted by Gasteiger charge is 2.40. The molecule has 0 heterocycles. The molecule has 0 aliphatic heterocycles. The molecule has 0 aromatic carbocycles. The summed E-state index contributed by atoms with van der Waals surface area (Å²) in [6.45, 7) is 6.12. The number of ether oxygens (including phenoxy) is 1. The highest BCUT2D eigenvalue weighted by atomic mass is 16.5. The van der Waals surface area contributed by atoms with E-state index in [4.69, 9.17) is 4.74 Å². The summed E-state index contributed by atoms with van der Waals surface area (Å²) >= 11 is 0. The van der Waals surface area contributed by atoms with Gasteiger partial charge in [-0.2, -0.15) is 0 Å². The molecule has 170 valence electrons. The van der Waals surface area contributed by atoms with Crippen LogP contribution in [0.5, 0.6) is 0 Å². The van der Waals surface area contributed by atoms with E-state index in [1.807, 2.05) is 6.92 Å². The van der Waals surface area contributed by atoms with E-state index in [1.165, 1.54) is 5.57 Å². The van der Waals surface area contributed by atoms with Crippen LogP contribution in [0.2, 0.25) is 0 Å².